The van der Waals surface area contributed by atoms with Crippen LogP contribution in [-0.2, 0) is 16.6 Å². The molecule has 3 heterocycles. The standard InChI is InChI=1S/C12H15ClN4O2S2/c13-11-3-4-12(20-11)21(18,19)17-5-1-2-10(7-17)6-16-9-14-8-15-16/h3-4,8-10H,1-2,5-7H2/t10-/m1/s1. The van der Waals surface area contributed by atoms with E-state index in [4.69, 9.17) is 11.6 Å². The number of sulfonamides is 1. The molecular weight excluding hydrogens is 332 g/mol. The number of halogens is 1. The Labute approximate surface area is 132 Å². The second kappa shape index (κ2) is 6.04. The Bertz CT molecular complexity index is 699. The first-order valence-electron chi connectivity index (χ1n) is 6.63. The molecule has 0 spiro atoms. The summed E-state index contributed by atoms with van der Waals surface area (Å²) in [6.07, 6.45) is 5.01. The van der Waals surface area contributed by atoms with Gasteiger partial charge in [0.05, 0.1) is 4.34 Å². The molecule has 0 aromatic carbocycles. The summed E-state index contributed by atoms with van der Waals surface area (Å²) in [5, 5.41) is 4.08. The van der Waals surface area contributed by atoms with Gasteiger partial charge < -0.3 is 0 Å². The Hall–Kier alpha value is -0.960. The summed E-state index contributed by atoms with van der Waals surface area (Å²) >= 11 is 6.95. The third-order valence-corrected chi connectivity index (χ3v) is 7.10. The summed E-state index contributed by atoms with van der Waals surface area (Å²) in [4.78, 5) is 3.91. The summed E-state index contributed by atoms with van der Waals surface area (Å²) in [5.74, 6) is 0.255. The average molecular weight is 347 g/mol. The molecule has 1 aliphatic rings. The first-order valence-corrected chi connectivity index (χ1v) is 9.27. The molecule has 0 amide bonds. The fourth-order valence-electron chi connectivity index (χ4n) is 2.55. The van der Waals surface area contributed by atoms with Gasteiger partial charge in [-0.15, -0.1) is 11.3 Å². The van der Waals surface area contributed by atoms with Crippen molar-refractivity contribution in [3.63, 3.8) is 0 Å². The predicted molar refractivity (Wildman–Crippen MR) is 80.8 cm³/mol. The third kappa shape index (κ3) is 3.28. The molecule has 0 N–H and O–H groups in total. The van der Waals surface area contributed by atoms with Crippen molar-refractivity contribution < 1.29 is 8.42 Å². The monoisotopic (exact) mass is 346 g/mol. The fourth-order valence-corrected chi connectivity index (χ4v) is 5.74. The molecule has 1 saturated heterocycles. The van der Waals surface area contributed by atoms with Crippen molar-refractivity contribution in [2.75, 3.05) is 13.1 Å². The van der Waals surface area contributed by atoms with Crippen LogP contribution in [0.2, 0.25) is 4.34 Å². The number of hydrogen-bond acceptors (Lipinski definition) is 5. The molecule has 2 aromatic heterocycles. The summed E-state index contributed by atoms with van der Waals surface area (Å²) in [6.45, 7) is 1.76. The van der Waals surface area contributed by atoms with E-state index >= 15 is 0 Å². The van der Waals surface area contributed by atoms with Crippen LogP contribution in [0.4, 0.5) is 0 Å². The van der Waals surface area contributed by atoms with Crippen molar-refractivity contribution >= 4 is 33.0 Å². The van der Waals surface area contributed by atoms with E-state index in [2.05, 4.69) is 10.1 Å². The SMILES string of the molecule is O=S(=O)(c1ccc(Cl)s1)N1CCC[C@H](Cn2cncn2)C1. The first-order chi connectivity index (χ1) is 10.1. The van der Waals surface area contributed by atoms with Crippen LogP contribution in [0.25, 0.3) is 0 Å². The van der Waals surface area contributed by atoms with E-state index in [1.807, 2.05) is 0 Å². The molecule has 21 heavy (non-hydrogen) atoms. The topological polar surface area (TPSA) is 68.1 Å². The third-order valence-electron chi connectivity index (χ3n) is 3.54. The van der Waals surface area contributed by atoms with Crippen LogP contribution < -0.4 is 0 Å². The van der Waals surface area contributed by atoms with E-state index in [0.29, 0.717) is 28.2 Å². The van der Waals surface area contributed by atoms with E-state index in [-0.39, 0.29) is 5.92 Å². The molecule has 1 aliphatic heterocycles. The van der Waals surface area contributed by atoms with Gasteiger partial charge in [0.15, 0.2) is 0 Å². The van der Waals surface area contributed by atoms with E-state index in [1.54, 1.807) is 27.4 Å². The highest BCUT2D eigenvalue weighted by Crippen LogP contribution is 2.30. The lowest BCUT2D eigenvalue weighted by Crippen LogP contribution is -2.40. The van der Waals surface area contributed by atoms with Crippen LogP contribution >= 0.6 is 22.9 Å². The fraction of sp³-hybridized carbons (Fsp3) is 0.500. The van der Waals surface area contributed by atoms with Crippen molar-refractivity contribution in [3.8, 4) is 0 Å². The summed E-state index contributed by atoms with van der Waals surface area (Å²) in [6, 6.07) is 3.19. The first kappa shape index (κ1) is 15.0. The van der Waals surface area contributed by atoms with Gasteiger partial charge in [0.2, 0.25) is 0 Å². The number of aromatic nitrogens is 3. The molecule has 0 unspecified atom stereocenters. The second-order valence-electron chi connectivity index (χ2n) is 5.05. The summed E-state index contributed by atoms with van der Waals surface area (Å²) < 4.78 is 29.3. The lowest BCUT2D eigenvalue weighted by molar-refractivity contribution is 0.240. The van der Waals surface area contributed by atoms with Crippen LogP contribution in [0.1, 0.15) is 12.8 Å². The highest BCUT2D eigenvalue weighted by atomic mass is 35.5. The highest BCUT2D eigenvalue weighted by Gasteiger charge is 2.31. The average Bonchev–Trinajstić information content (AvgIpc) is 3.11. The quantitative estimate of drug-likeness (QED) is 0.850. The molecule has 2 aromatic rings. The molecule has 1 fully saturated rings. The van der Waals surface area contributed by atoms with E-state index < -0.39 is 10.0 Å². The molecule has 0 radical (unpaired) electrons. The zero-order chi connectivity index (χ0) is 14.9. The predicted octanol–water partition coefficient (Wildman–Crippen LogP) is 2.09. The summed E-state index contributed by atoms with van der Waals surface area (Å²) in [5.41, 5.74) is 0. The molecule has 3 rings (SSSR count). The van der Waals surface area contributed by atoms with Gasteiger partial charge >= 0.3 is 0 Å². The number of nitrogens with zero attached hydrogens (tertiary/aromatic N) is 4. The molecule has 6 nitrogen and oxygen atoms in total. The molecule has 1 atom stereocenters. The Morgan fingerprint density at radius 2 is 2.29 bits per heavy atom. The maximum Gasteiger partial charge on any atom is 0.252 e. The van der Waals surface area contributed by atoms with Gasteiger partial charge in [-0.25, -0.2) is 13.4 Å². The smallest absolute Gasteiger partial charge is 0.252 e. The minimum Gasteiger partial charge on any atom is -0.253 e. The Morgan fingerprint density at radius 3 is 2.95 bits per heavy atom. The zero-order valence-corrected chi connectivity index (χ0v) is 13.6. The lowest BCUT2D eigenvalue weighted by atomic mass is 10.00. The molecular formula is C12H15ClN4O2S2. The van der Waals surface area contributed by atoms with E-state index in [9.17, 15) is 8.42 Å². The summed E-state index contributed by atoms with van der Waals surface area (Å²) in [7, 11) is -3.43. The zero-order valence-electron chi connectivity index (χ0n) is 11.2. The van der Waals surface area contributed by atoms with Gasteiger partial charge in [-0.1, -0.05) is 11.6 Å². The van der Waals surface area contributed by atoms with Gasteiger partial charge in [0.1, 0.15) is 16.9 Å². The van der Waals surface area contributed by atoms with Gasteiger partial charge in [0, 0.05) is 19.6 Å². The number of hydrogen-bond donors (Lipinski definition) is 0. The molecule has 0 bridgehead atoms. The number of rotatable bonds is 4. The Kier molecular flexibility index (Phi) is 4.30. The maximum atomic E-state index is 12.6. The number of thiophene rings is 1. The van der Waals surface area contributed by atoms with E-state index in [1.165, 1.54) is 6.33 Å². The molecule has 0 aliphatic carbocycles. The maximum absolute atomic E-state index is 12.6. The number of piperidine rings is 1. The lowest BCUT2D eigenvalue weighted by Gasteiger charge is -2.31. The van der Waals surface area contributed by atoms with Crippen molar-refractivity contribution in [1.29, 1.82) is 0 Å². The normalized spacial score (nSPS) is 20.7. The minimum atomic E-state index is -3.43. The largest absolute Gasteiger partial charge is 0.253 e. The van der Waals surface area contributed by atoms with Gasteiger partial charge in [-0.3, -0.25) is 4.68 Å². The van der Waals surface area contributed by atoms with Crippen molar-refractivity contribution in [2.24, 2.45) is 5.92 Å². The molecule has 9 heteroatoms. The van der Waals surface area contributed by atoms with Crippen molar-refractivity contribution in [3.05, 3.63) is 29.1 Å². The van der Waals surface area contributed by atoms with Crippen molar-refractivity contribution in [1.82, 2.24) is 19.1 Å². The van der Waals surface area contributed by atoms with E-state index in [0.717, 1.165) is 24.2 Å². The highest BCUT2D eigenvalue weighted by molar-refractivity contribution is 7.91. The minimum absolute atomic E-state index is 0.255. The van der Waals surface area contributed by atoms with Crippen LogP contribution in [0, 0.1) is 5.92 Å². The van der Waals surface area contributed by atoms with Crippen LogP contribution in [0.3, 0.4) is 0 Å². The molecule has 114 valence electrons. The van der Waals surface area contributed by atoms with Crippen LogP contribution in [-0.4, -0.2) is 40.6 Å². The van der Waals surface area contributed by atoms with Gasteiger partial charge in [-0.2, -0.15) is 9.40 Å². The van der Waals surface area contributed by atoms with Crippen LogP contribution in [0.5, 0.6) is 0 Å². The van der Waals surface area contributed by atoms with Crippen molar-refractivity contribution in [2.45, 2.75) is 23.6 Å². The Morgan fingerprint density at radius 1 is 1.43 bits per heavy atom. The van der Waals surface area contributed by atoms with Crippen LogP contribution in [0.15, 0.2) is 29.0 Å². The molecule has 0 saturated carbocycles. The Balaban J connectivity index is 1.73. The van der Waals surface area contributed by atoms with Gasteiger partial charge in [-0.05, 0) is 30.9 Å². The second-order valence-corrected chi connectivity index (χ2v) is 8.93. The van der Waals surface area contributed by atoms with Gasteiger partial charge in [0.25, 0.3) is 10.0 Å².